The van der Waals surface area contributed by atoms with E-state index in [2.05, 4.69) is 31.6 Å². The van der Waals surface area contributed by atoms with Crippen molar-refractivity contribution in [3.63, 3.8) is 0 Å². The van der Waals surface area contributed by atoms with E-state index in [-0.39, 0.29) is 24.0 Å². The lowest BCUT2D eigenvalue weighted by Crippen LogP contribution is -2.37. The topological polar surface area (TPSA) is 64.1 Å². The molecule has 0 spiro atoms. The molecular formula is C17H29BrIN3O3. The highest BCUT2D eigenvalue weighted by atomic mass is 127. The van der Waals surface area contributed by atoms with Crippen LogP contribution < -0.4 is 20.1 Å². The van der Waals surface area contributed by atoms with Crippen LogP contribution in [0.4, 0.5) is 0 Å². The molecule has 0 radical (unpaired) electrons. The molecule has 0 saturated heterocycles. The van der Waals surface area contributed by atoms with Crippen LogP contribution in [-0.2, 0) is 11.3 Å². The Kier molecular flexibility index (Phi) is 14.0. The van der Waals surface area contributed by atoms with E-state index < -0.39 is 0 Å². The number of halogens is 2. The molecule has 0 aliphatic carbocycles. The van der Waals surface area contributed by atoms with Crippen molar-refractivity contribution >= 4 is 45.9 Å². The van der Waals surface area contributed by atoms with E-state index in [1.165, 1.54) is 0 Å². The number of aliphatic imine (C=N–C) groups is 1. The summed E-state index contributed by atoms with van der Waals surface area (Å²) in [5, 5.41) is 6.59. The molecule has 8 heteroatoms. The van der Waals surface area contributed by atoms with Crippen molar-refractivity contribution in [1.82, 2.24) is 10.6 Å². The van der Waals surface area contributed by atoms with Crippen LogP contribution in [0.5, 0.6) is 11.5 Å². The first-order chi connectivity index (χ1) is 11.7. The summed E-state index contributed by atoms with van der Waals surface area (Å²) in [6, 6.07) is 3.95. The van der Waals surface area contributed by atoms with Crippen molar-refractivity contribution in [1.29, 1.82) is 0 Å². The van der Waals surface area contributed by atoms with Crippen LogP contribution in [0.2, 0.25) is 0 Å². The maximum atomic E-state index is 5.36. The maximum Gasteiger partial charge on any atom is 0.191 e. The second kappa shape index (κ2) is 14.4. The lowest BCUT2D eigenvalue weighted by molar-refractivity contribution is 0.143. The summed E-state index contributed by atoms with van der Waals surface area (Å²) in [6.07, 6.45) is 2.09. The van der Waals surface area contributed by atoms with Gasteiger partial charge in [-0.15, -0.1) is 24.0 Å². The second-order valence-electron chi connectivity index (χ2n) is 5.07. The number of guanidine groups is 1. The van der Waals surface area contributed by atoms with E-state index in [0.717, 1.165) is 48.6 Å². The Labute approximate surface area is 176 Å². The Hall–Kier alpha value is -0.740. The molecule has 1 aromatic rings. The summed E-state index contributed by atoms with van der Waals surface area (Å²) < 4.78 is 16.9. The monoisotopic (exact) mass is 529 g/mol. The summed E-state index contributed by atoms with van der Waals surface area (Å²) in [4.78, 5) is 4.23. The molecule has 6 nitrogen and oxygen atoms in total. The van der Waals surface area contributed by atoms with Crippen molar-refractivity contribution in [2.45, 2.75) is 26.3 Å². The van der Waals surface area contributed by atoms with Gasteiger partial charge in [-0.25, -0.2) is 0 Å². The Morgan fingerprint density at radius 3 is 2.52 bits per heavy atom. The Morgan fingerprint density at radius 1 is 1.16 bits per heavy atom. The van der Waals surface area contributed by atoms with Gasteiger partial charge in [0.1, 0.15) is 0 Å². The Morgan fingerprint density at radius 2 is 1.92 bits per heavy atom. The van der Waals surface area contributed by atoms with Gasteiger partial charge in [-0.1, -0.05) is 0 Å². The minimum atomic E-state index is 0. The van der Waals surface area contributed by atoms with Crippen LogP contribution in [0, 0.1) is 0 Å². The minimum absolute atomic E-state index is 0. The zero-order valence-electron chi connectivity index (χ0n) is 15.4. The third-order valence-corrected chi connectivity index (χ3v) is 3.98. The number of nitrogens with one attached hydrogen (secondary N) is 2. The third kappa shape index (κ3) is 8.96. The SMILES string of the molecule is CCOCCCCNC(=NC)NCc1cc(Br)c(OC)c(OC)c1.I. The van der Waals surface area contributed by atoms with E-state index in [1.807, 2.05) is 19.1 Å². The number of hydrogen-bond donors (Lipinski definition) is 2. The number of hydrogen-bond acceptors (Lipinski definition) is 4. The molecule has 0 aliphatic rings. The zero-order chi connectivity index (χ0) is 17.8. The number of unbranched alkanes of at least 4 members (excludes halogenated alkanes) is 1. The molecule has 0 atom stereocenters. The maximum absolute atomic E-state index is 5.36. The van der Waals surface area contributed by atoms with Crippen LogP contribution in [-0.4, -0.2) is 47.0 Å². The van der Waals surface area contributed by atoms with E-state index in [0.29, 0.717) is 18.0 Å². The predicted molar refractivity (Wildman–Crippen MR) is 117 cm³/mol. The lowest BCUT2D eigenvalue weighted by Gasteiger charge is -2.14. The first-order valence-electron chi connectivity index (χ1n) is 8.08. The summed E-state index contributed by atoms with van der Waals surface area (Å²) in [5.74, 6) is 2.16. The smallest absolute Gasteiger partial charge is 0.191 e. The summed E-state index contributed by atoms with van der Waals surface area (Å²) in [5.41, 5.74) is 1.07. The first kappa shape index (κ1) is 24.3. The van der Waals surface area contributed by atoms with E-state index >= 15 is 0 Å². The molecule has 0 amide bonds. The zero-order valence-corrected chi connectivity index (χ0v) is 19.3. The molecule has 1 rings (SSSR count). The number of rotatable bonds is 10. The fraction of sp³-hybridized carbons (Fsp3) is 0.588. The number of methoxy groups -OCH3 is 2. The minimum Gasteiger partial charge on any atom is -0.493 e. The van der Waals surface area contributed by atoms with Crippen LogP contribution in [0.15, 0.2) is 21.6 Å². The van der Waals surface area contributed by atoms with Crippen molar-refractivity contribution in [2.75, 3.05) is 41.0 Å². The van der Waals surface area contributed by atoms with Gasteiger partial charge in [0, 0.05) is 33.4 Å². The molecule has 1 aromatic carbocycles. The second-order valence-corrected chi connectivity index (χ2v) is 5.92. The number of nitrogens with zero attached hydrogens (tertiary/aromatic N) is 1. The van der Waals surface area contributed by atoms with Crippen molar-refractivity contribution in [3.05, 3.63) is 22.2 Å². The number of benzene rings is 1. The highest BCUT2D eigenvalue weighted by Crippen LogP contribution is 2.36. The summed E-state index contributed by atoms with van der Waals surface area (Å²) in [7, 11) is 5.02. The first-order valence-corrected chi connectivity index (χ1v) is 8.88. The van der Waals surface area contributed by atoms with Gasteiger partial charge in [-0.3, -0.25) is 4.99 Å². The summed E-state index contributed by atoms with van der Waals surface area (Å²) in [6.45, 7) is 5.10. The Bertz CT molecular complexity index is 530. The van der Waals surface area contributed by atoms with Gasteiger partial charge in [0.05, 0.1) is 18.7 Å². The standard InChI is InChI=1S/C17H28BrN3O3.HI/c1-5-24-9-7-6-8-20-17(19-2)21-12-13-10-14(18)16(23-4)15(11-13)22-3;/h10-11H,5-9,12H2,1-4H3,(H2,19,20,21);1H. The molecule has 2 N–H and O–H groups in total. The van der Waals surface area contributed by atoms with Crippen LogP contribution in [0.1, 0.15) is 25.3 Å². The van der Waals surface area contributed by atoms with Crippen molar-refractivity contribution < 1.29 is 14.2 Å². The fourth-order valence-electron chi connectivity index (χ4n) is 2.16. The van der Waals surface area contributed by atoms with Gasteiger partial charge in [0.2, 0.25) is 0 Å². The normalized spacial score (nSPS) is 10.8. The van der Waals surface area contributed by atoms with E-state index in [1.54, 1.807) is 21.3 Å². The molecule has 0 aromatic heterocycles. The molecule has 0 fully saturated rings. The van der Waals surface area contributed by atoms with Crippen molar-refractivity contribution in [2.24, 2.45) is 4.99 Å². The molecule has 0 heterocycles. The van der Waals surface area contributed by atoms with Gasteiger partial charge >= 0.3 is 0 Å². The molecular weight excluding hydrogens is 501 g/mol. The largest absolute Gasteiger partial charge is 0.493 e. The predicted octanol–water partition coefficient (Wildman–Crippen LogP) is 3.57. The van der Waals surface area contributed by atoms with E-state index in [4.69, 9.17) is 14.2 Å². The van der Waals surface area contributed by atoms with Gasteiger partial charge in [-0.05, 0) is 53.4 Å². The van der Waals surface area contributed by atoms with Crippen molar-refractivity contribution in [3.8, 4) is 11.5 Å². The molecule has 25 heavy (non-hydrogen) atoms. The molecule has 0 bridgehead atoms. The van der Waals surface area contributed by atoms with Gasteiger partial charge in [-0.2, -0.15) is 0 Å². The summed E-state index contributed by atoms with van der Waals surface area (Å²) >= 11 is 3.50. The van der Waals surface area contributed by atoms with Gasteiger partial charge < -0.3 is 24.8 Å². The van der Waals surface area contributed by atoms with Crippen LogP contribution >= 0.6 is 39.9 Å². The number of ether oxygens (including phenoxy) is 3. The molecule has 0 saturated carbocycles. The van der Waals surface area contributed by atoms with Crippen LogP contribution in [0.25, 0.3) is 0 Å². The van der Waals surface area contributed by atoms with E-state index in [9.17, 15) is 0 Å². The highest BCUT2D eigenvalue weighted by molar-refractivity contribution is 14.0. The van der Waals surface area contributed by atoms with Gasteiger partial charge in [0.15, 0.2) is 17.5 Å². The highest BCUT2D eigenvalue weighted by Gasteiger charge is 2.10. The third-order valence-electron chi connectivity index (χ3n) is 3.39. The Balaban J connectivity index is 0.00000576. The molecule has 0 unspecified atom stereocenters. The average molecular weight is 530 g/mol. The fourth-order valence-corrected chi connectivity index (χ4v) is 2.81. The molecule has 144 valence electrons. The van der Waals surface area contributed by atoms with Gasteiger partial charge in [0.25, 0.3) is 0 Å². The lowest BCUT2D eigenvalue weighted by atomic mass is 10.2. The van der Waals surface area contributed by atoms with Crippen LogP contribution in [0.3, 0.4) is 0 Å². The average Bonchev–Trinajstić information content (AvgIpc) is 2.59. The molecule has 0 aliphatic heterocycles. The quantitative estimate of drug-likeness (QED) is 0.210.